The molecule has 22 heteroatoms. The number of benzene rings is 1. The summed E-state index contributed by atoms with van der Waals surface area (Å²) in [6.07, 6.45) is 19.6. The van der Waals surface area contributed by atoms with Gasteiger partial charge in [0.2, 0.25) is 17.7 Å². The number of nitrogens with zero attached hydrogens (tertiary/aromatic N) is 1. The first-order chi connectivity index (χ1) is 39.8. The van der Waals surface area contributed by atoms with Crippen LogP contribution in [0.3, 0.4) is 0 Å². The number of unbranched alkanes of at least 4 members (excludes halogenated alkanes) is 14. The van der Waals surface area contributed by atoms with Crippen molar-refractivity contribution in [1.82, 2.24) is 10.2 Å². The van der Waals surface area contributed by atoms with Crippen LogP contribution in [0.5, 0.6) is 0 Å². The SMILES string of the molecule is CCCCCCCCCCCCCCCC(=O)OCCOCCOCCOCCOCCOCCOCCOCCOCCOCCOCCOCCOCCCCCC(=O)Nc1cccc2c1C(=O)N(C1CCC(=O)NC1=O)C2=O. The number of carbonyl (C=O) groups is 6. The molecule has 0 aliphatic carbocycles. The predicted octanol–water partition coefficient (Wildman–Crippen LogP) is 6.81. The van der Waals surface area contributed by atoms with E-state index in [2.05, 4.69) is 17.6 Å². The Morgan fingerprint density at radius 3 is 1.25 bits per heavy atom. The molecule has 3 rings (SSSR count). The minimum Gasteiger partial charge on any atom is -0.463 e. The topological polar surface area (TPSA) is 250 Å². The number of rotatable bonds is 58. The van der Waals surface area contributed by atoms with E-state index in [1.165, 1.54) is 76.7 Å². The first-order valence-electron chi connectivity index (χ1n) is 30.1. The maximum Gasteiger partial charge on any atom is 0.305 e. The summed E-state index contributed by atoms with van der Waals surface area (Å²) in [6.45, 7) is 13.5. The van der Waals surface area contributed by atoms with Gasteiger partial charge in [0.15, 0.2) is 0 Å². The summed E-state index contributed by atoms with van der Waals surface area (Å²) in [7, 11) is 0. The Labute approximate surface area is 481 Å². The summed E-state index contributed by atoms with van der Waals surface area (Å²) in [6, 6.07) is 3.52. The molecule has 81 heavy (non-hydrogen) atoms. The molecule has 0 aromatic heterocycles. The maximum atomic E-state index is 13.2. The van der Waals surface area contributed by atoms with Gasteiger partial charge in [0.25, 0.3) is 11.8 Å². The van der Waals surface area contributed by atoms with Crippen LogP contribution >= 0.6 is 0 Å². The molecule has 2 aliphatic rings. The fourth-order valence-electron chi connectivity index (χ4n) is 8.59. The number of imide groups is 2. The number of esters is 1. The summed E-state index contributed by atoms with van der Waals surface area (Å²) in [4.78, 5) is 75.7. The van der Waals surface area contributed by atoms with Crippen molar-refractivity contribution in [3.05, 3.63) is 29.3 Å². The molecule has 0 saturated carbocycles. The first-order valence-corrected chi connectivity index (χ1v) is 30.1. The van der Waals surface area contributed by atoms with Crippen LogP contribution in [0.2, 0.25) is 0 Å². The van der Waals surface area contributed by atoms with Gasteiger partial charge in [-0.05, 0) is 37.8 Å². The zero-order chi connectivity index (χ0) is 57.9. The quantitative estimate of drug-likeness (QED) is 0.0386. The number of carbonyl (C=O) groups excluding carboxylic acids is 6. The van der Waals surface area contributed by atoms with Crippen molar-refractivity contribution in [1.29, 1.82) is 0 Å². The van der Waals surface area contributed by atoms with Gasteiger partial charge in [-0.1, -0.05) is 96.5 Å². The van der Waals surface area contributed by atoms with Gasteiger partial charge in [-0.15, -0.1) is 0 Å². The third-order valence-electron chi connectivity index (χ3n) is 13.0. The molecule has 2 N–H and O–H groups in total. The van der Waals surface area contributed by atoms with E-state index in [1.54, 1.807) is 12.1 Å². The van der Waals surface area contributed by atoms with Crippen LogP contribution in [-0.4, -0.2) is 212 Å². The Morgan fingerprint density at radius 1 is 0.457 bits per heavy atom. The largest absolute Gasteiger partial charge is 0.463 e. The molecule has 22 nitrogen and oxygen atoms in total. The molecular weight excluding hydrogens is 1050 g/mol. The number of amides is 5. The lowest BCUT2D eigenvalue weighted by atomic mass is 10.0. The summed E-state index contributed by atoms with van der Waals surface area (Å²) in [5.74, 6) is -2.87. The Bertz CT molecular complexity index is 1810. The van der Waals surface area contributed by atoms with Crippen molar-refractivity contribution in [2.45, 2.75) is 141 Å². The number of piperidine rings is 1. The zero-order valence-electron chi connectivity index (χ0n) is 48.8. The van der Waals surface area contributed by atoms with Crippen molar-refractivity contribution >= 4 is 41.2 Å². The van der Waals surface area contributed by atoms with Crippen LogP contribution < -0.4 is 10.6 Å². The number of ether oxygens (including phenoxy) is 13. The van der Waals surface area contributed by atoms with Gasteiger partial charge in [0.05, 0.1) is 169 Å². The highest BCUT2D eigenvalue weighted by atomic mass is 16.6. The summed E-state index contributed by atoms with van der Waals surface area (Å²) in [5, 5.41) is 4.91. The highest BCUT2D eigenvalue weighted by Gasteiger charge is 2.45. The molecule has 464 valence electrons. The number of fused-ring (bicyclic) bond motifs is 1. The molecule has 0 radical (unpaired) electrons. The number of hydrogen-bond donors (Lipinski definition) is 2. The lowest BCUT2D eigenvalue weighted by Gasteiger charge is -2.27. The van der Waals surface area contributed by atoms with Gasteiger partial charge < -0.3 is 66.9 Å². The smallest absolute Gasteiger partial charge is 0.305 e. The molecule has 1 aromatic carbocycles. The summed E-state index contributed by atoms with van der Waals surface area (Å²) in [5.41, 5.74) is 0.372. The van der Waals surface area contributed by atoms with Gasteiger partial charge in [-0.25, -0.2) is 0 Å². The molecule has 5 amide bonds. The summed E-state index contributed by atoms with van der Waals surface area (Å²) < 4.78 is 71.6. The molecule has 2 aliphatic heterocycles. The highest BCUT2D eigenvalue weighted by molar-refractivity contribution is 6.26. The lowest BCUT2D eigenvalue weighted by Crippen LogP contribution is -2.54. The number of nitrogens with one attached hydrogen (secondary N) is 2. The second kappa shape index (κ2) is 50.5. The van der Waals surface area contributed by atoms with Gasteiger partial charge in [0, 0.05) is 25.9 Å². The van der Waals surface area contributed by atoms with E-state index in [0.717, 1.165) is 30.6 Å². The monoisotopic (exact) mass is 1150 g/mol. The maximum absolute atomic E-state index is 13.2. The molecule has 1 fully saturated rings. The van der Waals surface area contributed by atoms with Crippen LogP contribution in [0.4, 0.5) is 5.69 Å². The Kier molecular flexibility index (Phi) is 44.4. The van der Waals surface area contributed by atoms with E-state index in [1.807, 2.05) is 0 Å². The van der Waals surface area contributed by atoms with Crippen LogP contribution in [0.1, 0.15) is 156 Å². The molecule has 1 unspecified atom stereocenters. The molecule has 2 heterocycles. The van der Waals surface area contributed by atoms with Crippen LogP contribution in [0, 0.1) is 0 Å². The minimum atomic E-state index is -1.08. The van der Waals surface area contributed by atoms with E-state index in [-0.39, 0.29) is 54.6 Å². The Hall–Kier alpha value is -4.04. The van der Waals surface area contributed by atoms with Gasteiger partial charge in [-0.3, -0.25) is 39.0 Å². The molecule has 0 spiro atoms. The van der Waals surface area contributed by atoms with E-state index in [9.17, 15) is 28.8 Å². The van der Waals surface area contributed by atoms with Crippen molar-refractivity contribution in [2.24, 2.45) is 0 Å². The number of anilines is 1. The van der Waals surface area contributed by atoms with Crippen molar-refractivity contribution in [2.75, 3.05) is 170 Å². The number of hydrogen-bond acceptors (Lipinski definition) is 19. The predicted molar refractivity (Wildman–Crippen MR) is 301 cm³/mol. The van der Waals surface area contributed by atoms with E-state index < -0.39 is 29.7 Å². The first kappa shape index (κ1) is 71.2. The zero-order valence-corrected chi connectivity index (χ0v) is 48.8. The van der Waals surface area contributed by atoms with Crippen LogP contribution in [0.15, 0.2) is 18.2 Å². The minimum absolute atomic E-state index is 0.0243. The average molecular weight is 1150 g/mol. The van der Waals surface area contributed by atoms with Crippen LogP contribution in [0.25, 0.3) is 0 Å². The standard InChI is InChI=1S/C59H99N3O19/c1-2-3-4-5-6-7-8-9-10-11-12-13-16-22-55(65)81-49-48-80-47-46-79-45-44-78-43-42-77-41-40-76-39-38-75-37-36-74-35-34-73-33-32-72-31-30-71-29-28-70-27-26-69-25-17-14-15-21-53(63)60-51-20-18-19-50-56(51)59(68)62(58(50)67)52-23-24-54(64)61-57(52)66/h18-20,52H,2-17,21-49H2,1H3,(H,60,63)(H,61,64,66). The molecule has 1 atom stereocenters. The second-order valence-electron chi connectivity index (χ2n) is 19.6. The molecule has 1 aromatic rings. The van der Waals surface area contributed by atoms with Crippen LogP contribution in [-0.2, 0) is 80.8 Å². The van der Waals surface area contributed by atoms with Gasteiger partial charge in [0.1, 0.15) is 12.6 Å². The van der Waals surface area contributed by atoms with E-state index in [4.69, 9.17) is 61.6 Å². The summed E-state index contributed by atoms with van der Waals surface area (Å²) >= 11 is 0. The molecular formula is C59H99N3O19. The fraction of sp³-hybridized carbons (Fsp3) is 0.797. The Balaban J connectivity index is 0.917. The normalized spacial score (nSPS) is 14.3. The fourth-order valence-corrected chi connectivity index (χ4v) is 8.59. The van der Waals surface area contributed by atoms with Crippen molar-refractivity contribution < 1.29 is 90.3 Å². The average Bonchev–Trinajstić information content (AvgIpc) is 3.98. The Morgan fingerprint density at radius 2 is 0.827 bits per heavy atom. The van der Waals surface area contributed by atoms with Crippen molar-refractivity contribution in [3.63, 3.8) is 0 Å². The second-order valence-corrected chi connectivity index (χ2v) is 19.6. The third-order valence-corrected chi connectivity index (χ3v) is 13.0. The van der Waals surface area contributed by atoms with Crippen molar-refractivity contribution in [3.8, 4) is 0 Å². The van der Waals surface area contributed by atoms with E-state index in [0.29, 0.717) is 171 Å². The third kappa shape index (κ3) is 36.3. The molecule has 0 bridgehead atoms. The van der Waals surface area contributed by atoms with E-state index >= 15 is 0 Å². The lowest BCUT2D eigenvalue weighted by molar-refractivity contribution is -0.145. The molecule has 1 saturated heterocycles. The van der Waals surface area contributed by atoms with Gasteiger partial charge >= 0.3 is 5.97 Å². The highest BCUT2D eigenvalue weighted by Crippen LogP contribution is 2.32. The van der Waals surface area contributed by atoms with Gasteiger partial charge in [-0.2, -0.15) is 0 Å².